The highest BCUT2D eigenvalue weighted by molar-refractivity contribution is 5.00. The van der Waals surface area contributed by atoms with Crippen molar-refractivity contribution >= 4 is 0 Å². The van der Waals surface area contributed by atoms with Gasteiger partial charge in [0.15, 0.2) is 6.29 Å². The molecule has 11 nitrogen and oxygen atoms in total. The van der Waals surface area contributed by atoms with Crippen LogP contribution in [0.25, 0.3) is 0 Å². The van der Waals surface area contributed by atoms with E-state index < -0.39 is 54.8 Å². The first-order chi connectivity index (χ1) is 19.9. The molecule has 0 spiro atoms. The van der Waals surface area contributed by atoms with Gasteiger partial charge in [-0.2, -0.15) is 0 Å². The van der Waals surface area contributed by atoms with Crippen molar-refractivity contribution in [3.63, 3.8) is 0 Å². The Morgan fingerprint density at radius 3 is 1.66 bits per heavy atom. The molecule has 2 N–H and O–H groups in total. The van der Waals surface area contributed by atoms with Crippen LogP contribution in [0, 0.1) is 0 Å². The molecule has 0 radical (unpaired) electrons. The Morgan fingerprint density at radius 1 is 0.610 bits per heavy atom. The largest absolute Gasteiger partial charge is 0.387 e. The first-order valence-corrected chi connectivity index (χ1v) is 13.5. The van der Waals surface area contributed by atoms with Crippen LogP contribution in [0.15, 0.2) is 75.9 Å². The van der Waals surface area contributed by atoms with Crippen molar-refractivity contribution in [2.24, 2.45) is 0 Å². The third kappa shape index (κ3) is 10.1. The molecule has 2 fully saturated rings. The van der Waals surface area contributed by atoms with Gasteiger partial charge in [-0.3, -0.25) is 0 Å². The van der Waals surface area contributed by atoms with Crippen LogP contribution in [0.3, 0.4) is 0 Å². The maximum Gasteiger partial charge on any atom is 0.224 e. The minimum atomic E-state index is -1.87. The van der Waals surface area contributed by atoms with E-state index >= 15 is 0 Å². The number of aliphatic hydroxyl groups is 2. The van der Waals surface area contributed by atoms with Gasteiger partial charge in [0.25, 0.3) is 0 Å². The van der Waals surface area contributed by atoms with E-state index in [4.69, 9.17) is 42.6 Å². The van der Waals surface area contributed by atoms with Crippen LogP contribution in [-0.2, 0) is 42.6 Å². The Labute approximate surface area is 243 Å². The van der Waals surface area contributed by atoms with Crippen LogP contribution < -0.4 is 0 Å². The lowest BCUT2D eigenvalue weighted by Gasteiger charge is -2.47. The van der Waals surface area contributed by atoms with Gasteiger partial charge in [0.2, 0.25) is 5.79 Å². The molecular weight excluding hydrogens is 536 g/mol. The summed E-state index contributed by atoms with van der Waals surface area (Å²) in [7, 11) is 0. The predicted molar refractivity (Wildman–Crippen MR) is 152 cm³/mol. The van der Waals surface area contributed by atoms with Crippen molar-refractivity contribution in [1.29, 1.82) is 0 Å². The first-order valence-electron chi connectivity index (χ1n) is 13.5. The molecule has 0 aromatic rings. The van der Waals surface area contributed by atoms with Crippen molar-refractivity contribution in [2.45, 2.75) is 54.8 Å². The standard InChI is InChI=1S/C30H46O11/c1-7-13-33-19-22-24(31)28(32)30(40-22,21-35-15-9-3)41-29-27(38-18-12-6)26(37-17-11-5)25(36-16-10-4)23(39-29)20-34-14-8-2/h7-12,22-29,31-32H,1-6,13-21H2/t22-,23-,24-,25-,26+,27-,28+,29-,30+/m1/s1. The molecule has 2 aliphatic heterocycles. The van der Waals surface area contributed by atoms with E-state index in [-0.39, 0.29) is 59.5 Å². The minimum Gasteiger partial charge on any atom is -0.387 e. The molecule has 11 heteroatoms. The molecule has 2 heterocycles. The second-order valence-corrected chi connectivity index (χ2v) is 9.28. The van der Waals surface area contributed by atoms with Crippen molar-refractivity contribution in [3.8, 4) is 0 Å². The summed E-state index contributed by atoms with van der Waals surface area (Å²) in [5.74, 6) is -1.87. The summed E-state index contributed by atoms with van der Waals surface area (Å²) in [5, 5.41) is 22.1. The highest BCUT2D eigenvalue weighted by atomic mass is 16.8. The van der Waals surface area contributed by atoms with Gasteiger partial charge in [-0.25, -0.2) is 0 Å². The Kier molecular flexibility index (Phi) is 16.5. The summed E-state index contributed by atoms with van der Waals surface area (Å²) in [6, 6.07) is 0. The zero-order chi connectivity index (χ0) is 30.1. The van der Waals surface area contributed by atoms with E-state index in [0.717, 1.165) is 0 Å². The number of hydrogen-bond acceptors (Lipinski definition) is 11. The minimum absolute atomic E-state index is 0.0285. The lowest BCUT2D eigenvalue weighted by Crippen LogP contribution is -2.64. The second-order valence-electron chi connectivity index (χ2n) is 9.28. The van der Waals surface area contributed by atoms with E-state index in [0.29, 0.717) is 0 Å². The quantitative estimate of drug-likeness (QED) is 0.136. The fourth-order valence-corrected chi connectivity index (χ4v) is 4.47. The molecule has 2 saturated heterocycles. The summed E-state index contributed by atoms with van der Waals surface area (Å²) < 4.78 is 54.1. The molecule has 0 bridgehead atoms. The first kappa shape index (κ1) is 35.2. The zero-order valence-corrected chi connectivity index (χ0v) is 23.8. The SMILES string of the molecule is C=CCOC[C@H]1O[C@@](COCC=C)(O[C@H]2O[C@H](COCC=C)[C@@H](OCC=C)[C@H](OCC=C)[C@H]2OCC=C)[C@@H](O)[C@@H]1O. The van der Waals surface area contributed by atoms with Gasteiger partial charge in [-0.15, -0.1) is 39.5 Å². The topological polar surface area (TPSA) is 124 Å². The maximum atomic E-state index is 11.2. The van der Waals surface area contributed by atoms with Gasteiger partial charge in [0, 0.05) is 0 Å². The van der Waals surface area contributed by atoms with E-state index in [1.165, 1.54) is 6.08 Å². The zero-order valence-electron chi connectivity index (χ0n) is 23.8. The highest BCUT2D eigenvalue weighted by Crippen LogP contribution is 2.38. The number of hydrogen-bond donors (Lipinski definition) is 2. The fourth-order valence-electron chi connectivity index (χ4n) is 4.47. The summed E-state index contributed by atoms with van der Waals surface area (Å²) in [6.45, 7) is 23.1. The Morgan fingerprint density at radius 2 is 1.10 bits per heavy atom. The number of rotatable bonds is 23. The summed E-state index contributed by atoms with van der Waals surface area (Å²) in [6.07, 6.45) is 1.45. The van der Waals surface area contributed by atoms with Crippen LogP contribution in [0.1, 0.15) is 0 Å². The van der Waals surface area contributed by atoms with Gasteiger partial charge in [0.05, 0.1) is 52.9 Å². The van der Waals surface area contributed by atoms with Crippen LogP contribution in [-0.4, -0.2) is 124 Å². The van der Waals surface area contributed by atoms with Crippen LogP contribution in [0.4, 0.5) is 0 Å². The van der Waals surface area contributed by atoms with E-state index in [1.54, 1.807) is 30.4 Å². The number of ether oxygens (including phenoxy) is 9. The summed E-state index contributed by atoms with van der Waals surface area (Å²) in [4.78, 5) is 0. The third-order valence-corrected chi connectivity index (χ3v) is 6.21. The molecule has 41 heavy (non-hydrogen) atoms. The monoisotopic (exact) mass is 582 g/mol. The van der Waals surface area contributed by atoms with E-state index in [9.17, 15) is 10.2 Å². The highest BCUT2D eigenvalue weighted by Gasteiger charge is 2.59. The van der Waals surface area contributed by atoms with Gasteiger partial charge < -0.3 is 52.8 Å². The molecule has 0 aromatic carbocycles. The Balaban J connectivity index is 2.47. The fraction of sp³-hybridized carbons (Fsp3) is 0.600. The average molecular weight is 583 g/mol. The normalized spacial score (nSPS) is 33.2. The van der Waals surface area contributed by atoms with Crippen molar-refractivity contribution in [2.75, 3.05) is 59.5 Å². The molecule has 232 valence electrons. The van der Waals surface area contributed by atoms with Crippen LogP contribution in [0.5, 0.6) is 0 Å². The van der Waals surface area contributed by atoms with E-state index in [1.807, 2.05) is 0 Å². The smallest absolute Gasteiger partial charge is 0.224 e. The average Bonchev–Trinajstić information content (AvgIpc) is 3.19. The van der Waals surface area contributed by atoms with Crippen LogP contribution in [0.2, 0.25) is 0 Å². The lowest BCUT2D eigenvalue weighted by atomic mass is 9.97. The van der Waals surface area contributed by atoms with Crippen LogP contribution >= 0.6 is 0 Å². The molecule has 0 saturated carbocycles. The third-order valence-electron chi connectivity index (χ3n) is 6.21. The second kappa shape index (κ2) is 19.2. The van der Waals surface area contributed by atoms with E-state index in [2.05, 4.69) is 39.5 Å². The molecule has 2 aliphatic rings. The number of aliphatic hydroxyl groups excluding tert-OH is 2. The summed E-state index contributed by atoms with van der Waals surface area (Å²) >= 11 is 0. The van der Waals surface area contributed by atoms with Crippen molar-refractivity contribution < 1.29 is 52.8 Å². The molecule has 9 atom stereocenters. The van der Waals surface area contributed by atoms with Gasteiger partial charge in [-0.1, -0.05) is 36.5 Å². The molecular formula is C30H46O11. The Bertz CT molecular complexity index is 820. The van der Waals surface area contributed by atoms with Gasteiger partial charge >= 0.3 is 0 Å². The molecule has 0 aliphatic carbocycles. The molecule has 2 rings (SSSR count). The predicted octanol–water partition coefficient (Wildman–Crippen LogP) is 1.87. The van der Waals surface area contributed by atoms with Crippen molar-refractivity contribution in [3.05, 3.63) is 75.9 Å². The molecule has 0 unspecified atom stereocenters. The van der Waals surface area contributed by atoms with Gasteiger partial charge in [-0.05, 0) is 0 Å². The maximum absolute atomic E-state index is 11.2. The molecule has 0 aromatic heterocycles. The van der Waals surface area contributed by atoms with Crippen molar-refractivity contribution in [1.82, 2.24) is 0 Å². The Hall–Kier alpha value is -2.00. The van der Waals surface area contributed by atoms with Gasteiger partial charge in [0.1, 0.15) is 49.3 Å². The molecule has 0 amide bonds. The summed E-state index contributed by atoms with van der Waals surface area (Å²) in [5.41, 5.74) is 0. The lowest BCUT2D eigenvalue weighted by molar-refractivity contribution is -0.392.